The lowest BCUT2D eigenvalue weighted by Gasteiger charge is -2.07. The van der Waals surface area contributed by atoms with Crippen LogP contribution in [-0.4, -0.2) is 17.7 Å². The summed E-state index contributed by atoms with van der Waals surface area (Å²) in [6.07, 6.45) is 1.88. The molecule has 1 heterocycles. The topological polar surface area (TPSA) is 87.3 Å². The van der Waals surface area contributed by atoms with Gasteiger partial charge in [0.15, 0.2) is 0 Å². The van der Waals surface area contributed by atoms with Gasteiger partial charge in [-0.15, -0.1) is 11.3 Å². The molecule has 1 aliphatic carbocycles. The number of amides is 3. The zero-order valence-electron chi connectivity index (χ0n) is 13.1. The molecule has 1 aliphatic rings. The molecule has 3 rings (SSSR count). The predicted octanol–water partition coefficient (Wildman–Crippen LogP) is 3.31. The Balaban J connectivity index is 1.63. The highest BCUT2D eigenvalue weighted by molar-refractivity contribution is 7.18. The fourth-order valence-corrected chi connectivity index (χ4v) is 2.97. The number of carbonyl (C=O) groups excluding carboxylic acids is 3. The first-order valence-electron chi connectivity index (χ1n) is 7.61. The predicted molar refractivity (Wildman–Crippen MR) is 94.4 cm³/mol. The van der Waals surface area contributed by atoms with Gasteiger partial charge in [-0.25, -0.2) is 0 Å². The fraction of sp³-hybridized carbons (Fsp3) is 0.235. The first-order chi connectivity index (χ1) is 11.5. The number of rotatable bonds is 5. The van der Waals surface area contributed by atoms with Crippen molar-refractivity contribution >= 4 is 45.4 Å². The smallest absolute Gasteiger partial charge is 0.265 e. The van der Waals surface area contributed by atoms with E-state index in [2.05, 4.69) is 16.0 Å². The standard InChI is InChI=1S/C17H17N3O3S/c1-10(21)18-12-3-2-4-13(9-12)19-17(23)14-7-8-15(24-14)20-16(22)11-5-6-11/h2-4,7-9,11H,5-6H2,1H3,(H,18,21)(H,19,23)(H,20,22). The van der Waals surface area contributed by atoms with Crippen LogP contribution < -0.4 is 16.0 Å². The lowest BCUT2D eigenvalue weighted by atomic mass is 10.2. The van der Waals surface area contributed by atoms with Gasteiger partial charge in [-0.05, 0) is 43.2 Å². The van der Waals surface area contributed by atoms with Gasteiger partial charge >= 0.3 is 0 Å². The van der Waals surface area contributed by atoms with Gasteiger partial charge < -0.3 is 16.0 Å². The molecule has 1 saturated carbocycles. The molecule has 0 unspecified atom stereocenters. The molecule has 24 heavy (non-hydrogen) atoms. The second-order valence-corrected chi connectivity index (χ2v) is 6.73. The van der Waals surface area contributed by atoms with E-state index in [9.17, 15) is 14.4 Å². The summed E-state index contributed by atoms with van der Waals surface area (Å²) in [4.78, 5) is 35.6. The summed E-state index contributed by atoms with van der Waals surface area (Å²) in [5.74, 6) is -0.285. The minimum absolute atomic E-state index is 0.0202. The molecule has 6 nitrogen and oxygen atoms in total. The molecular weight excluding hydrogens is 326 g/mol. The first kappa shape index (κ1) is 16.2. The van der Waals surface area contributed by atoms with Crippen LogP contribution in [0.3, 0.4) is 0 Å². The van der Waals surface area contributed by atoms with Crippen molar-refractivity contribution < 1.29 is 14.4 Å². The molecule has 1 aromatic heterocycles. The molecule has 3 N–H and O–H groups in total. The van der Waals surface area contributed by atoms with Gasteiger partial charge in [0, 0.05) is 24.2 Å². The number of anilines is 3. The number of thiophene rings is 1. The lowest BCUT2D eigenvalue weighted by molar-refractivity contribution is -0.117. The van der Waals surface area contributed by atoms with Crippen molar-refractivity contribution in [3.8, 4) is 0 Å². The van der Waals surface area contributed by atoms with Crippen molar-refractivity contribution in [2.45, 2.75) is 19.8 Å². The zero-order chi connectivity index (χ0) is 17.1. The Labute approximate surface area is 143 Å². The number of benzene rings is 1. The molecule has 2 aromatic rings. The quantitative estimate of drug-likeness (QED) is 0.778. The largest absolute Gasteiger partial charge is 0.326 e. The van der Waals surface area contributed by atoms with Gasteiger partial charge in [0.25, 0.3) is 5.91 Å². The molecule has 0 atom stereocenters. The van der Waals surface area contributed by atoms with Crippen molar-refractivity contribution in [1.29, 1.82) is 0 Å². The molecule has 7 heteroatoms. The maximum Gasteiger partial charge on any atom is 0.265 e. The Morgan fingerprint density at radius 3 is 2.38 bits per heavy atom. The molecule has 124 valence electrons. The molecule has 0 aliphatic heterocycles. The van der Waals surface area contributed by atoms with E-state index in [0.717, 1.165) is 12.8 Å². The van der Waals surface area contributed by atoms with Crippen LogP contribution in [0.1, 0.15) is 29.4 Å². The van der Waals surface area contributed by atoms with E-state index >= 15 is 0 Å². The van der Waals surface area contributed by atoms with Gasteiger partial charge in [0.1, 0.15) is 0 Å². The number of hydrogen-bond donors (Lipinski definition) is 3. The Bertz CT molecular complexity index is 796. The maximum absolute atomic E-state index is 12.3. The number of carbonyl (C=O) groups is 3. The number of nitrogens with one attached hydrogen (secondary N) is 3. The third-order valence-corrected chi connectivity index (χ3v) is 4.46. The maximum atomic E-state index is 12.3. The minimum atomic E-state index is -0.258. The molecule has 1 fully saturated rings. The van der Waals surface area contributed by atoms with E-state index in [-0.39, 0.29) is 23.6 Å². The van der Waals surface area contributed by atoms with Gasteiger partial charge in [0.2, 0.25) is 11.8 Å². The molecule has 3 amide bonds. The van der Waals surface area contributed by atoms with Crippen molar-refractivity contribution in [1.82, 2.24) is 0 Å². The third-order valence-electron chi connectivity index (χ3n) is 3.47. The summed E-state index contributed by atoms with van der Waals surface area (Å²) in [7, 11) is 0. The molecule has 0 saturated heterocycles. The van der Waals surface area contributed by atoms with E-state index in [4.69, 9.17) is 0 Å². The third kappa shape index (κ3) is 4.20. The average Bonchev–Trinajstić information content (AvgIpc) is 3.27. The van der Waals surface area contributed by atoms with Gasteiger partial charge in [-0.3, -0.25) is 14.4 Å². The Hall–Kier alpha value is -2.67. The van der Waals surface area contributed by atoms with E-state index in [1.54, 1.807) is 36.4 Å². The van der Waals surface area contributed by atoms with Crippen molar-refractivity contribution in [2.24, 2.45) is 5.92 Å². The SMILES string of the molecule is CC(=O)Nc1cccc(NC(=O)c2ccc(NC(=O)C3CC3)s2)c1. The van der Waals surface area contributed by atoms with Crippen LogP contribution in [0.15, 0.2) is 36.4 Å². The Morgan fingerprint density at radius 2 is 1.71 bits per heavy atom. The summed E-state index contributed by atoms with van der Waals surface area (Å²) in [5.41, 5.74) is 1.20. The summed E-state index contributed by atoms with van der Waals surface area (Å²) >= 11 is 1.23. The van der Waals surface area contributed by atoms with E-state index in [1.807, 2.05) is 0 Å². The summed E-state index contributed by atoms with van der Waals surface area (Å²) < 4.78 is 0. The Morgan fingerprint density at radius 1 is 1.00 bits per heavy atom. The van der Waals surface area contributed by atoms with Crippen LogP contribution in [0.25, 0.3) is 0 Å². The van der Waals surface area contributed by atoms with Crippen LogP contribution in [-0.2, 0) is 9.59 Å². The molecular formula is C17H17N3O3S. The zero-order valence-corrected chi connectivity index (χ0v) is 13.9. The highest BCUT2D eigenvalue weighted by atomic mass is 32.1. The number of hydrogen-bond acceptors (Lipinski definition) is 4. The molecule has 0 bridgehead atoms. The highest BCUT2D eigenvalue weighted by Crippen LogP contribution is 2.31. The monoisotopic (exact) mass is 343 g/mol. The van der Waals surface area contributed by atoms with Crippen molar-refractivity contribution in [2.75, 3.05) is 16.0 Å². The average molecular weight is 343 g/mol. The highest BCUT2D eigenvalue weighted by Gasteiger charge is 2.29. The van der Waals surface area contributed by atoms with Gasteiger partial charge in [-0.1, -0.05) is 6.07 Å². The fourth-order valence-electron chi connectivity index (χ4n) is 2.17. The van der Waals surface area contributed by atoms with Crippen LogP contribution in [0.2, 0.25) is 0 Å². The van der Waals surface area contributed by atoms with Gasteiger partial charge in [-0.2, -0.15) is 0 Å². The van der Waals surface area contributed by atoms with Crippen LogP contribution in [0.5, 0.6) is 0 Å². The lowest BCUT2D eigenvalue weighted by Crippen LogP contribution is -2.12. The normalized spacial score (nSPS) is 13.2. The molecule has 0 radical (unpaired) electrons. The van der Waals surface area contributed by atoms with Crippen molar-refractivity contribution in [3.05, 3.63) is 41.3 Å². The summed E-state index contributed by atoms with van der Waals surface area (Å²) in [6, 6.07) is 10.3. The first-order valence-corrected chi connectivity index (χ1v) is 8.42. The minimum Gasteiger partial charge on any atom is -0.326 e. The second kappa shape index (κ2) is 6.84. The van der Waals surface area contributed by atoms with Crippen LogP contribution in [0.4, 0.5) is 16.4 Å². The second-order valence-electron chi connectivity index (χ2n) is 5.64. The van der Waals surface area contributed by atoms with E-state index < -0.39 is 0 Å². The van der Waals surface area contributed by atoms with E-state index in [0.29, 0.717) is 21.3 Å². The van der Waals surface area contributed by atoms with E-state index in [1.165, 1.54) is 18.3 Å². The van der Waals surface area contributed by atoms with Crippen molar-refractivity contribution in [3.63, 3.8) is 0 Å². The summed E-state index contributed by atoms with van der Waals surface area (Å²) in [6.45, 7) is 1.42. The van der Waals surface area contributed by atoms with Crippen LogP contribution >= 0.6 is 11.3 Å². The molecule has 0 spiro atoms. The van der Waals surface area contributed by atoms with Crippen LogP contribution in [0, 0.1) is 5.92 Å². The Kier molecular flexibility index (Phi) is 4.61. The molecule has 1 aromatic carbocycles. The van der Waals surface area contributed by atoms with Gasteiger partial charge in [0.05, 0.1) is 9.88 Å². The summed E-state index contributed by atoms with van der Waals surface area (Å²) in [5, 5.41) is 8.94.